The van der Waals surface area contributed by atoms with Crippen LogP contribution in [0, 0.1) is 5.82 Å². The molecule has 2 fully saturated rings. The molecule has 8 heteroatoms. The Labute approximate surface area is 214 Å². The number of halogens is 1. The van der Waals surface area contributed by atoms with Crippen LogP contribution in [0.25, 0.3) is 11.1 Å². The molecule has 1 aliphatic heterocycles. The van der Waals surface area contributed by atoms with Crippen LogP contribution in [0.15, 0.2) is 36.5 Å². The number of hydrogen-bond acceptors (Lipinski definition) is 7. The average molecular weight is 501 g/mol. The van der Waals surface area contributed by atoms with E-state index in [1.165, 1.54) is 6.20 Å². The smallest absolute Gasteiger partial charge is 0.149 e. The maximum absolute atomic E-state index is 14.8. The number of methoxy groups -OCH3 is 2. The lowest BCUT2D eigenvalue weighted by Gasteiger charge is -2.36. The number of nitrogens with one attached hydrogen (secondary N) is 3. The Morgan fingerprint density at radius 1 is 1.11 bits per heavy atom. The number of aromatic nitrogens is 1. The zero-order valence-corrected chi connectivity index (χ0v) is 21.8. The van der Waals surface area contributed by atoms with Crippen LogP contribution in [0.5, 0.6) is 0 Å². The number of nitrogens with zero attached hydrogens (tertiary/aromatic N) is 1. The first-order valence-electron chi connectivity index (χ1n) is 13.1. The van der Waals surface area contributed by atoms with Crippen molar-refractivity contribution in [2.45, 2.75) is 69.2 Å². The molecule has 2 aromatic rings. The molecule has 0 bridgehead atoms. The van der Waals surface area contributed by atoms with Crippen LogP contribution in [-0.4, -0.2) is 69.3 Å². The number of pyridine rings is 1. The first-order chi connectivity index (χ1) is 17.5. The van der Waals surface area contributed by atoms with Gasteiger partial charge in [-0.25, -0.2) is 9.37 Å². The van der Waals surface area contributed by atoms with Crippen LogP contribution in [-0.2, 0) is 14.2 Å². The van der Waals surface area contributed by atoms with Gasteiger partial charge in [-0.15, -0.1) is 0 Å². The van der Waals surface area contributed by atoms with Crippen LogP contribution in [0.4, 0.5) is 15.9 Å². The van der Waals surface area contributed by atoms with Crippen molar-refractivity contribution in [1.82, 2.24) is 10.3 Å². The van der Waals surface area contributed by atoms with E-state index in [0.29, 0.717) is 43.4 Å². The summed E-state index contributed by atoms with van der Waals surface area (Å²) < 4.78 is 31.4. The van der Waals surface area contributed by atoms with Gasteiger partial charge in [-0.3, -0.25) is 0 Å². The Morgan fingerprint density at radius 3 is 2.58 bits per heavy atom. The van der Waals surface area contributed by atoms with Crippen LogP contribution >= 0.6 is 0 Å². The maximum atomic E-state index is 14.8. The van der Waals surface area contributed by atoms with Crippen LogP contribution in [0.3, 0.4) is 0 Å². The van der Waals surface area contributed by atoms with E-state index in [1.807, 2.05) is 30.3 Å². The van der Waals surface area contributed by atoms with Crippen molar-refractivity contribution in [3.8, 4) is 11.1 Å². The van der Waals surface area contributed by atoms with Crippen molar-refractivity contribution >= 4 is 11.5 Å². The molecule has 1 saturated heterocycles. The van der Waals surface area contributed by atoms with Crippen molar-refractivity contribution in [2.75, 3.05) is 51.2 Å². The maximum Gasteiger partial charge on any atom is 0.149 e. The molecule has 0 radical (unpaired) electrons. The summed E-state index contributed by atoms with van der Waals surface area (Å²) in [6, 6.07) is 10.9. The Balaban J connectivity index is 1.37. The van der Waals surface area contributed by atoms with Crippen molar-refractivity contribution in [3.05, 3.63) is 42.3 Å². The Kier molecular flexibility index (Phi) is 9.53. The Morgan fingerprint density at radius 2 is 1.86 bits per heavy atom. The van der Waals surface area contributed by atoms with Crippen molar-refractivity contribution < 1.29 is 18.6 Å². The highest BCUT2D eigenvalue weighted by Gasteiger charge is 2.32. The molecule has 1 atom stereocenters. The summed E-state index contributed by atoms with van der Waals surface area (Å²) >= 11 is 0. The fourth-order valence-electron chi connectivity index (χ4n) is 5.31. The molecular formula is C28H41FN4O3. The number of rotatable bonds is 11. The van der Waals surface area contributed by atoms with E-state index in [1.54, 1.807) is 14.2 Å². The molecular weight excluding hydrogens is 459 g/mol. The van der Waals surface area contributed by atoms with E-state index in [2.05, 4.69) is 27.9 Å². The fourth-order valence-corrected chi connectivity index (χ4v) is 5.31. The molecule has 7 nitrogen and oxygen atoms in total. The predicted molar refractivity (Wildman–Crippen MR) is 142 cm³/mol. The van der Waals surface area contributed by atoms with Gasteiger partial charge < -0.3 is 30.2 Å². The highest BCUT2D eigenvalue weighted by atomic mass is 19.1. The molecule has 1 aromatic heterocycles. The number of ether oxygens (including phenoxy) is 3. The molecule has 1 unspecified atom stereocenters. The normalized spacial score (nSPS) is 22.7. The highest BCUT2D eigenvalue weighted by Crippen LogP contribution is 2.30. The molecule has 1 aliphatic carbocycles. The second-order valence-electron chi connectivity index (χ2n) is 10.2. The van der Waals surface area contributed by atoms with E-state index in [9.17, 15) is 4.39 Å². The second kappa shape index (κ2) is 12.8. The van der Waals surface area contributed by atoms with Gasteiger partial charge in [0, 0.05) is 76.2 Å². The van der Waals surface area contributed by atoms with E-state index in [0.717, 1.165) is 62.2 Å². The van der Waals surface area contributed by atoms with E-state index in [4.69, 9.17) is 14.2 Å². The summed E-state index contributed by atoms with van der Waals surface area (Å²) in [6.45, 7) is 4.98. The molecule has 0 amide bonds. The predicted octanol–water partition coefficient (Wildman–Crippen LogP) is 4.84. The summed E-state index contributed by atoms with van der Waals surface area (Å²) in [5.41, 5.74) is 2.08. The number of hydrogen-bond donors (Lipinski definition) is 3. The topological polar surface area (TPSA) is 76.7 Å². The molecule has 36 heavy (non-hydrogen) atoms. The molecule has 3 N–H and O–H groups in total. The SMILES string of the molecule is COCC(C)NC1CCC(Nc2cc(-c3cccc(NCC4(OC)CCOCC4)c3)c(F)cn2)CC1. The van der Waals surface area contributed by atoms with E-state index < -0.39 is 0 Å². The van der Waals surface area contributed by atoms with Gasteiger partial charge in [0.05, 0.1) is 18.4 Å². The van der Waals surface area contributed by atoms with Crippen molar-refractivity contribution in [1.29, 1.82) is 0 Å². The summed E-state index contributed by atoms with van der Waals surface area (Å²) in [4.78, 5) is 4.33. The Bertz CT molecular complexity index is 962. The highest BCUT2D eigenvalue weighted by molar-refractivity contribution is 5.70. The fraction of sp³-hybridized carbons (Fsp3) is 0.607. The average Bonchev–Trinajstić information content (AvgIpc) is 2.90. The summed E-state index contributed by atoms with van der Waals surface area (Å²) in [5.74, 6) is 0.394. The number of anilines is 2. The van der Waals surface area contributed by atoms with Crippen molar-refractivity contribution in [3.63, 3.8) is 0 Å². The van der Waals surface area contributed by atoms with Crippen LogP contribution < -0.4 is 16.0 Å². The minimum Gasteiger partial charge on any atom is -0.383 e. The number of benzene rings is 1. The van der Waals surface area contributed by atoms with Gasteiger partial charge in [-0.05, 0) is 56.4 Å². The van der Waals surface area contributed by atoms with E-state index in [-0.39, 0.29) is 11.4 Å². The lowest BCUT2D eigenvalue weighted by atomic mass is 9.90. The molecule has 4 rings (SSSR count). The van der Waals surface area contributed by atoms with Gasteiger partial charge in [0.15, 0.2) is 0 Å². The monoisotopic (exact) mass is 500 g/mol. The molecule has 1 saturated carbocycles. The van der Waals surface area contributed by atoms with Crippen LogP contribution in [0.1, 0.15) is 45.4 Å². The van der Waals surface area contributed by atoms with Gasteiger partial charge in [-0.2, -0.15) is 0 Å². The third-order valence-corrected chi connectivity index (χ3v) is 7.50. The quantitative estimate of drug-likeness (QED) is 0.407. The van der Waals surface area contributed by atoms with Gasteiger partial charge in [0.1, 0.15) is 11.6 Å². The van der Waals surface area contributed by atoms with Crippen molar-refractivity contribution in [2.24, 2.45) is 0 Å². The summed E-state index contributed by atoms with van der Waals surface area (Å²) in [6.07, 6.45) is 7.34. The first-order valence-corrected chi connectivity index (χ1v) is 13.1. The zero-order valence-electron chi connectivity index (χ0n) is 21.8. The lowest BCUT2D eigenvalue weighted by Crippen LogP contribution is -2.44. The zero-order chi connectivity index (χ0) is 25.4. The third-order valence-electron chi connectivity index (χ3n) is 7.50. The molecule has 2 heterocycles. The molecule has 0 spiro atoms. The van der Waals surface area contributed by atoms with Gasteiger partial charge in [0.25, 0.3) is 0 Å². The van der Waals surface area contributed by atoms with Gasteiger partial charge in [-0.1, -0.05) is 12.1 Å². The third kappa shape index (κ3) is 7.16. The Hall–Kier alpha value is -2.26. The van der Waals surface area contributed by atoms with E-state index >= 15 is 0 Å². The minimum atomic E-state index is -0.324. The molecule has 198 valence electrons. The lowest BCUT2D eigenvalue weighted by molar-refractivity contribution is -0.0807. The summed E-state index contributed by atoms with van der Waals surface area (Å²) in [5, 5.41) is 10.7. The minimum absolute atomic E-state index is 0.233. The molecule has 1 aromatic carbocycles. The summed E-state index contributed by atoms with van der Waals surface area (Å²) in [7, 11) is 3.49. The first kappa shape index (κ1) is 26.8. The van der Waals surface area contributed by atoms with Gasteiger partial charge in [0.2, 0.25) is 0 Å². The second-order valence-corrected chi connectivity index (χ2v) is 10.2. The largest absolute Gasteiger partial charge is 0.383 e. The molecule has 2 aliphatic rings. The standard InChI is InChI=1S/C28H41FN4O3/c1-20(18-34-2)32-22-7-9-23(10-8-22)33-27-16-25(26(29)17-30-27)21-5-4-6-24(15-21)31-19-28(35-3)11-13-36-14-12-28/h4-6,15-17,20,22-23,31-32H,7-14,18-19H2,1-3H3,(H,30,33). The van der Waals surface area contributed by atoms with Gasteiger partial charge >= 0.3 is 0 Å². The van der Waals surface area contributed by atoms with Crippen LogP contribution in [0.2, 0.25) is 0 Å².